The van der Waals surface area contributed by atoms with E-state index in [9.17, 15) is 4.79 Å². The van der Waals surface area contributed by atoms with E-state index in [0.29, 0.717) is 24.3 Å². The minimum Gasteiger partial charge on any atom is -0.497 e. The number of hydrogen-bond acceptors (Lipinski definition) is 4. The zero-order valence-electron chi connectivity index (χ0n) is 15.8. The Bertz CT molecular complexity index is 933. The number of aromatic nitrogens is 1. The lowest BCUT2D eigenvalue weighted by molar-refractivity contribution is -0.116. The van der Waals surface area contributed by atoms with Crippen molar-refractivity contribution in [3.8, 4) is 5.75 Å². The van der Waals surface area contributed by atoms with Crippen LogP contribution >= 0.6 is 0 Å². The monoisotopic (exact) mass is 366 g/mol. The number of carbonyl (C=O) groups is 1. The van der Waals surface area contributed by atoms with E-state index in [4.69, 9.17) is 10.5 Å². The zero-order chi connectivity index (χ0) is 19.2. The minimum atomic E-state index is -0.0464. The van der Waals surface area contributed by atoms with Gasteiger partial charge in [-0.05, 0) is 61.3 Å². The second kappa shape index (κ2) is 8.60. The molecule has 1 aromatic heterocycles. The molecule has 0 saturated carbocycles. The maximum absolute atomic E-state index is 12.1. The number of benzene rings is 2. The van der Waals surface area contributed by atoms with Gasteiger partial charge in [-0.3, -0.25) is 4.79 Å². The van der Waals surface area contributed by atoms with Crippen LogP contribution in [0.3, 0.4) is 0 Å². The highest BCUT2D eigenvalue weighted by molar-refractivity contribution is 5.94. The van der Waals surface area contributed by atoms with E-state index in [0.717, 1.165) is 29.8 Å². The number of aryl methyl sites for hydroxylation is 1. The summed E-state index contributed by atoms with van der Waals surface area (Å²) in [5.41, 5.74) is 10.6. The van der Waals surface area contributed by atoms with E-state index in [2.05, 4.69) is 15.6 Å². The highest BCUT2D eigenvalue weighted by Gasteiger charge is 2.07. The van der Waals surface area contributed by atoms with Crippen LogP contribution in [0.5, 0.6) is 5.75 Å². The van der Waals surface area contributed by atoms with Crippen molar-refractivity contribution in [1.82, 2.24) is 10.3 Å². The fourth-order valence-electron chi connectivity index (χ4n) is 3.05. The molecule has 5 N–H and O–H groups in total. The molecule has 0 aliphatic carbocycles. The van der Waals surface area contributed by atoms with Crippen LogP contribution < -0.4 is 21.1 Å². The molecule has 0 radical (unpaired) electrons. The van der Waals surface area contributed by atoms with E-state index >= 15 is 0 Å². The van der Waals surface area contributed by atoms with Crippen molar-refractivity contribution in [1.29, 1.82) is 0 Å². The number of H-pyrrole nitrogens is 1. The number of nitrogen functional groups attached to an aromatic ring is 1. The van der Waals surface area contributed by atoms with E-state index in [1.807, 2.05) is 49.5 Å². The van der Waals surface area contributed by atoms with Crippen LogP contribution in [-0.2, 0) is 11.2 Å². The summed E-state index contributed by atoms with van der Waals surface area (Å²) in [6, 6.07) is 11.6. The quantitative estimate of drug-likeness (QED) is 0.364. The number of anilines is 2. The van der Waals surface area contributed by atoms with Crippen LogP contribution in [0, 0.1) is 6.92 Å². The molecule has 0 aliphatic heterocycles. The second-order valence-corrected chi connectivity index (χ2v) is 6.61. The summed E-state index contributed by atoms with van der Waals surface area (Å²) in [6.45, 7) is 3.38. The van der Waals surface area contributed by atoms with Crippen LogP contribution in [0.4, 0.5) is 11.4 Å². The Hall–Kier alpha value is -2.99. The SMILES string of the molecule is COc1ccc2[nH]cc(CCNCCC(=O)Nc3ccc(C)cc3N)c2c1. The first-order chi connectivity index (χ1) is 13.1. The molecule has 0 unspecified atom stereocenters. The van der Waals surface area contributed by atoms with Crippen molar-refractivity contribution in [2.75, 3.05) is 31.2 Å². The lowest BCUT2D eigenvalue weighted by Gasteiger charge is -2.09. The number of nitrogens with one attached hydrogen (secondary N) is 3. The van der Waals surface area contributed by atoms with Crippen molar-refractivity contribution in [3.63, 3.8) is 0 Å². The summed E-state index contributed by atoms with van der Waals surface area (Å²) >= 11 is 0. The van der Waals surface area contributed by atoms with Gasteiger partial charge in [0.25, 0.3) is 0 Å². The lowest BCUT2D eigenvalue weighted by atomic mass is 10.1. The van der Waals surface area contributed by atoms with Crippen LogP contribution in [0.1, 0.15) is 17.5 Å². The van der Waals surface area contributed by atoms with Crippen molar-refractivity contribution in [2.45, 2.75) is 19.8 Å². The number of amides is 1. The van der Waals surface area contributed by atoms with Crippen molar-refractivity contribution >= 4 is 28.2 Å². The molecular weight excluding hydrogens is 340 g/mol. The van der Waals surface area contributed by atoms with E-state index in [1.165, 1.54) is 10.9 Å². The van der Waals surface area contributed by atoms with E-state index in [1.54, 1.807) is 7.11 Å². The van der Waals surface area contributed by atoms with Gasteiger partial charge in [0.15, 0.2) is 0 Å². The van der Waals surface area contributed by atoms with Gasteiger partial charge in [0.1, 0.15) is 5.75 Å². The van der Waals surface area contributed by atoms with E-state index < -0.39 is 0 Å². The Balaban J connectivity index is 1.43. The first kappa shape index (κ1) is 18.8. The number of nitrogens with two attached hydrogens (primary N) is 1. The molecule has 3 rings (SSSR count). The summed E-state index contributed by atoms with van der Waals surface area (Å²) in [4.78, 5) is 15.3. The predicted octanol–water partition coefficient (Wildman–Crippen LogP) is 3.23. The standard InChI is InChI=1S/C21H26N4O2/c1-14-3-5-20(18(22)11-14)25-21(26)8-10-23-9-7-15-13-24-19-6-4-16(27-2)12-17(15)19/h3-6,11-13,23-24H,7-10,22H2,1-2H3,(H,25,26). The number of methoxy groups -OCH3 is 1. The molecule has 3 aromatic rings. The molecule has 0 atom stereocenters. The van der Waals surface area contributed by atoms with Gasteiger partial charge >= 0.3 is 0 Å². The fourth-order valence-corrected chi connectivity index (χ4v) is 3.05. The topological polar surface area (TPSA) is 92.2 Å². The number of carbonyl (C=O) groups excluding carboxylic acids is 1. The van der Waals surface area contributed by atoms with Crippen LogP contribution in [0.2, 0.25) is 0 Å². The molecule has 0 aliphatic rings. The molecule has 27 heavy (non-hydrogen) atoms. The Morgan fingerprint density at radius 1 is 1.19 bits per heavy atom. The molecule has 1 amide bonds. The van der Waals surface area contributed by atoms with Crippen molar-refractivity contribution in [3.05, 3.63) is 53.7 Å². The Morgan fingerprint density at radius 3 is 2.81 bits per heavy atom. The largest absolute Gasteiger partial charge is 0.497 e. The molecule has 142 valence electrons. The molecule has 6 nitrogen and oxygen atoms in total. The molecule has 0 bridgehead atoms. The minimum absolute atomic E-state index is 0.0464. The van der Waals surface area contributed by atoms with Gasteiger partial charge in [-0.1, -0.05) is 6.07 Å². The Kier molecular flexibility index (Phi) is 5.98. The number of fused-ring (bicyclic) bond motifs is 1. The zero-order valence-corrected chi connectivity index (χ0v) is 15.8. The van der Waals surface area contributed by atoms with Gasteiger partial charge in [-0.2, -0.15) is 0 Å². The van der Waals surface area contributed by atoms with Gasteiger partial charge in [-0.15, -0.1) is 0 Å². The van der Waals surface area contributed by atoms with Gasteiger partial charge in [0, 0.05) is 30.1 Å². The van der Waals surface area contributed by atoms with E-state index in [-0.39, 0.29) is 5.91 Å². The van der Waals surface area contributed by atoms with Gasteiger partial charge in [0.05, 0.1) is 18.5 Å². The molecule has 6 heteroatoms. The number of hydrogen-bond donors (Lipinski definition) is 4. The summed E-state index contributed by atoms with van der Waals surface area (Å²) in [6.07, 6.45) is 3.30. The summed E-state index contributed by atoms with van der Waals surface area (Å²) < 4.78 is 5.30. The Morgan fingerprint density at radius 2 is 2.04 bits per heavy atom. The molecule has 0 saturated heterocycles. The van der Waals surface area contributed by atoms with Crippen LogP contribution in [0.15, 0.2) is 42.6 Å². The third-order valence-electron chi connectivity index (χ3n) is 4.56. The van der Waals surface area contributed by atoms with Gasteiger partial charge in [0.2, 0.25) is 5.91 Å². The summed E-state index contributed by atoms with van der Waals surface area (Å²) in [7, 11) is 1.67. The van der Waals surface area contributed by atoms with Gasteiger partial charge in [-0.25, -0.2) is 0 Å². The highest BCUT2D eigenvalue weighted by Crippen LogP contribution is 2.23. The number of aromatic amines is 1. The third kappa shape index (κ3) is 4.80. The molecule has 0 fully saturated rings. The Labute approximate surface area is 159 Å². The average molecular weight is 366 g/mol. The van der Waals surface area contributed by atoms with Crippen molar-refractivity contribution in [2.24, 2.45) is 0 Å². The second-order valence-electron chi connectivity index (χ2n) is 6.61. The smallest absolute Gasteiger partial charge is 0.225 e. The molecular formula is C21H26N4O2. The third-order valence-corrected chi connectivity index (χ3v) is 4.56. The maximum atomic E-state index is 12.1. The van der Waals surface area contributed by atoms with Crippen LogP contribution in [-0.4, -0.2) is 31.1 Å². The van der Waals surface area contributed by atoms with Gasteiger partial charge < -0.3 is 26.1 Å². The molecule has 0 spiro atoms. The first-order valence-corrected chi connectivity index (χ1v) is 9.07. The fraction of sp³-hybridized carbons (Fsp3) is 0.286. The predicted molar refractivity (Wildman–Crippen MR) is 110 cm³/mol. The molecule has 2 aromatic carbocycles. The first-order valence-electron chi connectivity index (χ1n) is 9.07. The number of rotatable bonds is 8. The maximum Gasteiger partial charge on any atom is 0.225 e. The molecule has 1 heterocycles. The van der Waals surface area contributed by atoms with Crippen LogP contribution in [0.25, 0.3) is 10.9 Å². The summed E-state index contributed by atoms with van der Waals surface area (Å²) in [5.74, 6) is 0.804. The average Bonchev–Trinajstić information content (AvgIpc) is 3.06. The summed E-state index contributed by atoms with van der Waals surface area (Å²) in [5, 5.41) is 7.35. The normalized spacial score (nSPS) is 10.9. The van der Waals surface area contributed by atoms with Crippen molar-refractivity contribution < 1.29 is 9.53 Å². The lowest BCUT2D eigenvalue weighted by Crippen LogP contribution is -2.23. The highest BCUT2D eigenvalue weighted by atomic mass is 16.5. The number of ether oxygens (including phenoxy) is 1.